The lowest BCUT2D eigenvalue weighted by Gasteiger charge is -2.29. The van der Waals surface area contributed by atoms with Gasteiger partial charge in [0.2, 0.25) is 5.91 Å². The van der Waals surface area contributed by atoms with Gasteiger partial charge in [-0.2, -0.15) is 0 Å². The summed E-state index contributed by atoms with van der Waals surface area (Å²) in [6.45, 7) is 1.11. The molecule has 0 N–H and O–H groups in total. The molecule has 0 aromatic heterocycles. The summed E-state index contributed by atoms with van der Waals surface area (Å²) in [4.78, 5) is 25.6. The minimum atomic E-state index is -0.196. The van der Waals surface area contributed by atoms with Crippen molar-refractivity contribution in [2.45, 2.75) is 12.8 Å². The van der Waals surface area contributed by atoms with E-state index in [0.717, 1.165) is 10.0 Å². The second-order valence-electron chi connectivity index (χ2n) is 5.69. The summed E-state index contributed by atoms with van der Waals surface area (Å²) < 4.78 is 16.1. The fraction of sp³-hybridized carbons (Fsp3) is 0.444. The van der Waals surface area contributed by atoms with Gasteiger partial charge in [0.15, 0.2) is 11.5 Å². The third-order valence-corrected chi connectivity index (χ3v) is 4.80. The van der Waals surface area contributed by atoms with Crippen LogP contribution in [0.15, 0.2) is 22.7 Å². The van der Waals surface area contributed by atoms with Gasteiger partial charge in [0.1, 0.15) is 0 Å². The molecule has 0 atom stereocenters. The van der Waals surface area contributed by atoms with E-state index in [1.165, 1.54) is 13.2 Å². The minimum absolute atomic E-state index is 0.0748. The van der Waals surface area contributed by atoms with Crippen LogP contribution in [0.5, 0.6) is 11.5 Å². The Bertz CT molecular complexity index is 666. The lowest BCUT2D eigenvalue weighted by atomic mass is 9.97. The lowest BCUT2D eigenvalue weighted by molar-refractivity contribution is -0.148. The van der Waals surface area contributed by atoms with E-state index in [2.05, 4.69) is 15.9 Å². The molecule has 0 unspecified atom stereocenters. The molecule has 0 aliphatic carbocycles. The van der Waals surface area contributed by atoms with Crippen molar-refractivity contribution >= 4 is 33.9 Å². The van der Waals surface area contributed by atoms with Crippen molar-refractivity contribution in [2.75, 3.05) is 34.4 Å². The highest BCUT2D eigenvalue weighted by Gasteiger charge is 2.27. The molecular formula is C18H22BrNO5. The van der Waals surface area contributed by atoms with Gasteiger partial charge in [-0.3, -0.25) is 9.59 Å². The maximum atomic E-state index is 12.3. The molecule has 1 amide bonds. The molecule has 1 aromatic rings. The Balaban J connectivity index is 2.01. The Hall–Kier alpha value is -2.02. The second kappa shape index (κ2) is 8.89. The van der Waals surface area contributed by atoms with Crippen molar-refractivity contribution in [3.63, 3.8) is 0 Å². The number of ether oxygens (including phenoxy) is 3. The molecule has 0 radical (unpaired) electrons. The largest absolute Gasteiger partial charge is 0.493 e. The minimum Gasteiger partial charge on any atom is -0.493 e. The smallest absolute Gasteiger partial charge is 0.308 e. The molecule has 0 bridgehead atoms. The predicted octanol–water partition coefficient (Wildman–Crippen LogP) is 2.89. The van der Waals surface area contributed by atoms with Crippen LogP contribution in [-0.4, -0.2) is 51.2 Å². The number of halogens is 1. The van der Waals surface area contributed by atoms with Crippen LogP contribution >= 0.6 is 15.9 Å². The number of amides is 1. The van der Waals surface area contributed by atoms with E-state index in [4.69, 9.17) is 14.2 Å². The average molecular weight is 412 g/mol. The van der Waals surface area contributed by atoms with Gasteiger partial charge >= 0.3 is 5.97 Å². The Morgan fingerprint density at radius 3 is 2.40 bits per heavy atom. The van der Waals surface area contributed by atoms with E-state index in [9.17, 15) is 9.59 Å². The van der Waals surface area contributed by atoms with Crippen LogP contribution in [0.4, 0.5) is 0 Å². The Morgan fingerprint density at radius 1 is 1.16 bits per heavy atom. The highest BCUT2D eigenvalue weighted by molar-refractivity contribution is 9.10. The van der Waals surface area contributed by atoms with Crippen molar-refractivity contribution in [1.29, 1.82) is 0 Å². The average Bonchev–Trinajstić information content (AvgIpc) is 2.64. The first kappa shape index (κ1) is 19.3. The summed E-state index contributed by atoms with van der Waals surface area (Å²) in [5, 5.41) is 0. The van der Waals surface area contributed by atoms with Crippen molar-refractivity contribution in [2.24, 2.45) is 5.92 Å². The third kappa shape index (κ3) is 4.75. The number of likely N-dealkylation sites (tertiary alicyclic amines) is 1. The number of nitrogens with zero attached hydrogens (tertiary/aromatic N) is 1. The molecule has 7 heteroatoms. The number of carbonyl (C=O) groups is 2. The van der Waals surface area contributed by atoms with Gasteiger partial charge in [0.25, 0.3) is 0 Å². The summed E-state index contributed by atoms with van der Waals surface area (Å²) in [7, 11) is 4.53. The standard InChI is InChI=1S/C18H22BrNO5/c1-23-15-11-12(10-14(19)17(15)24-2)4-5-16(21)20-8-6-13(7-9-20)18(22)25-3/h4-5,10-11,13H,6-9H2,1-3H3/b5-4+. The van der Waals surface area contributed by atoms with Crippen LogP contribution in [0.1, 0.15) is 18.4 Å². The summed E-state index contributed by atoms with van der Waals surface area (Å²) in [5.74, 6) is 0.811. The summed E-state index contributed by atoms with van der Waals surface area (Å²) >= 11 is 3.43. The molecule has 6 nitrogen and oxygen atoms in total. The SMILES string of the molecule is COC(=O)C1CCN(C(=O)/C=C/c2cc(Br)c(OC)c(OC)c2)CC1. The first-order valence-electron chi connectivity index (χ1n) is 7.96. The zero-order chi connectivity index (χ0) is 18.4. The van der Waals surface area contributed by atoms with E-state index in [-0.39, 0.29) is 17.8 Å². The van der Waals surface area contributed by atoms with Crippen molar-refractivity contribution in [3.05, 3.63) is 28.2 Å². The molecule has 1 heterocycles. The van der Waals surface area contributed by atoms with Gasteiger partial charge < -0.3 is 19.1 Å². The van der Waals surface area contributed by atoms with Gasteiger partial charge in [-0.15, -0.1) is 0 Å². The molecule has 136 valence electrons. The summed E-state index contributed by atoms with van der Waals surface area (Å²) in [6.07, 6.45) is 4.54. The highest BCUT2D eigenvalue weighted by atomic mass is 79.9. The molecular weight excluding hydrogens is 390 g/mol. The third-order valence-electron chi connectivity index (χ3n) is 4.22. The number of benzene rings is 1. The number of rotatable bonds is 5. The zero-order valence-electron chi connectivity index (χ0n) is 14.6. The molecule has 25 heavy (non-hydrogen) atoms. The zero-order valence-corrected chi connectivity index (χ0v) is 16.2. The van der Waals surface area contributed by atoms with Crippen molar-refractivity contribution in [3.8, 4) is 11.5 Å². The quantitative estimate of drug-likeness (QED) is 0.550. The van der Waals surface area contributed by atoms with E-state index in [1.54, 1.807) is 31.3 Å². The molecule has 1 saturated heterocycles. The van der Waals surface area contributed by atoms with Crippen LogP contribution in [-0.2, 0) is 14.3 Å². The molecule has 2 rings (SSSR count). The second-order valence-corrected chi connectivity index (χ2v) is 6.55. The van der Waals surface area contributed by atoms with E-state index in [0.29, 0.717) is 37.4 Å². The number of hydrogen-bond acceptors (Lipinski definition) is 5. The van der Waals surface area contributed by atoms with Gasteiger partial charge in [-0.25, -0.2) is 0 Å². The topological polar surface area (TPSA) is 65.1 Å². The van der Waals surface area contributed by atoms with Crippen LogP contribution < -0.4 is 9.47 Å². The molecule has 0 saturated carbocycles. The Labute approximate surface area is 155 Å². The van der Waals surface area contributed by atoms with Crippen LogP contribution in [0.25, 0.3) is 6.08 Å². The van der Waals surface area contributed by atoms with Gasteiger partial charge in [0, 0.05) is 19.2 Å². The van der Waals surface area contributed by atoms with Crippen LogP contribution in [0, 0.1) is 5.92 Å². The Kier molecular flexibility index (Phi) is 6.87. The van der Waals surface area contributed by atoms with E-state index < -0.39 is 0 Å². The lowest BCUT2D eigenvalue weighted by Crippen LogP contribution is -2.39. The number of hydrogen-bond donors (Lipinski definition) is 0. The monoisotopic (exact) mass is 411 g/mol. The first-order chi connectivity index (χ1) is 12.0. The van der Waals surface area contributed by atoms with Crippen molar-refractivity contribution in [1.82, 2.24) is 4.90 Å². The molecule has 0 spiro atoms. The van der Waals surface area contributed by atoms with Crippen molar-refractivity contribution < 1.29 is 23.8 Å². The number of piperidine rings is 1. The predicted molar refractivity (Wildman–Crippen MR) is 97.6 cm³/mol. The molecule has 1 aromatic carbocycles. The Morgan fingerprint density at radius 2 is 1.84 bits per heavy atom. The van der Waals surface area contributed by atoms with E-state index >= 15 is 0 Å². The summed E-state index contributed by atoms with van der Waals surface area (Å²) in [5.41, 5.74) is 0.822. The number of carbonyl (C=O) groups excluding carboxylic acids is 2. The van der Waals surface area contributed by atoms with E-state index in [1.807, 2.05) is 6.07 Å². The highest BCUT2D eigenvalue weighted by Crippen LogP contribution is 2.36. The molecule has 1 aliphatic heterocycles. The van der Waals surface area contributed by atoms with Gasteiger partial charge in [0.05, 0.1) is 31.7 Å². The number of methoxy groups -OCH3 is 3. The van der Waals surface area contributed by atoms with Gasteiger partial charge in [-0.1, -0.05) is 0 Å². The molecule has 1 fully saturated rings. The number of esters is 1. The fourth-order valence-corrected chi connectivity index (χ4v) is 3.43. The van der Waals surface area contributed by atoms with Crippen LogP contribution in [0.2, 0.25) is 0 Å². The molecule has 1 aliphatic rings. The first-order valence-corrected chi connectivity index (χ1v) is 8.75. The maximum absolute atomic E-state index is 12.3. The normalized spacial score (nSPS) is 15.3. The maximum Gasteiger partial charge on any atom is 0.308 e. The van der Waals surface area contributed by atoms with Gasteiger partial charge in [-0.05, 0) is 52.5 Å². The fourth-order valence-electron chi connectivity index (χ4n) is 2.81. The van der Waals surface area contributed by atoms with Crippen LogP contribution in [0.3, 0.4) is 0 Å². The summed E-state index contributed by atoms with van der Waals surface area (Å²) in [6, 6.07) is 3.66.